The highest BCUT2D eigenvalue weighted by atomic mass is 19.1. The van der Waals surface area contributed by atoms with Crippen molar-refractivity contribution in [3.8, 4) is 5.75 Å². The molecule has 1 aliphatic carbocycles. The largest absolute Gasteiger partial charge is 0.491 e. The van der Waals surface area contributed by atoms with Crippen LogP contribution in [0.5, 0.6) is 5.75 Å². The number of hydrogen-bond donors (Lipinski definition) is 2. The summed E-state index contributed by atoms with van der Waals surface area (Å²) in [6, 6.07) is 5.62. The summed E-state index contributed by atoms with van der Waals surface area (Å²) in [6.07, 6.45) is 3.05. The molecular weight excluding hydrogens is 297 g/mol. The van der Waals surface area contributed by atoms with Gasteiger partial charge in [0, 0.05) is 12.0 Å². The first-order valence-electron chi connectivity index (χ1n) is 8.26. The van der Waals surface area contributed by atoms with Crippen LogP contribution in [-0.2, 0) is 4.79 Å². The highest BCUT2D eigenvalue weighted by molar-refractivity contribution is 5.83. The van der Waals surface area contributed by atoms with Crippen molar-refractivity contribution in [2.75, 3.05) is 13.2 Å². The first kappa shape index (κ1) is 17.7. The van der Waals surface area contributed by atoms with Crippen LogP contribution >= 0.6 is 0 Å². The van der Waals surface area contributed by atoms with Crippen molar-refractivity contribution in [3.63, 3.8) is 0 Å². The summed E-state index contributed by atoms with van der Waals surface area (Å²) in [5, 5.41) is 12.8. The molecule has 128 valence electrons. The number of hydrogen-bond acceptors (Lipinski definition) is 3. The van der Waals surface area contributed by atoms with Crippen LogP contribution in [0.3, 0.4) is 0 Å². The lowest BCUT2D eigenvalue weighted by molar-refractivity contribution is -0.137. The van der Waals surface area contributed by atoms with Crippen molar-refractivity contribution in [1.82, 2.24) is 5.32 Å². The fourth-order valence-corrected chi connectivity index (χ4v) is 3.09. The van der Waals surface area contributed by atoms with Gasteiger partial charge in [-0.25, -0.2) is 4.39 Å². The average Bonchev–Trinajstić information content (AvgIpc) is 2.47. The van der Waals surface area contributed by atoms with Crippen LogP contribution in [0, 0.1) is 17.2 Å². The molecule has 1 saturated carbocycles. The van der Waals surface area contributed by atoms with E-state index in [9.17, 15) is 14.3 Å². The SMILES string of the molecule is CC(C)CC1(C(=O)NCC(O)COc2ccc(F)cc2)CCC1. The van der Waals surface area contributed by atoms with E-state index in [0.29, 0.717) is 11.7 Å². The van der Waals surface area contributed by atoms with Gasteiger partial charge < -0.3 is 15.2 Å². The van der Waals surface area contributed by atoms with Crippen molar-refractivity contribution in [2.45, 2.75) is 45.6 Å². The number of rotatable bonds is 8. The van der Waals surface area contributed by atoms with E-state index in [4.69, 9.17) is 4.74 Å². The second kappa shape index (κ2) is 7.77. The summed E-state index contributed by atoms with van der Waals surface area (Å²) in [4.78, 5) is 12.4. The fourth-order valence-electron chi connectivity index (χ4n) is 3.09. The predicted molar refractivity (Wildman–Crippen MR) is 86.7 cm³/mol. The second-order valence-electron chi connectivity index (χ2n) is 6.86. The van der Waals surface area contributed by atoms with Gasteiger partial charge in [-0.15, -0.1) is 0 Å². The van der Waals surface area contributed by atoms with Crippen molar-refractivity contribution in [1.29, 1.82) is 0 Å². The van der Waals surface area contributed by atoms with Crippen LogP contribution in [-0.4, -0.2) is 30.3 Å². The summed E-state index contributed by atoms with van der Waals surface area (Å²) in [5.41, 5.74) is -0.244. The summed E-state index contributed by atoms with van der Waals surface area (Å²) in [5.74, 6) is 0.680. The maximum Gasteiger partial charge on any atom is 0.226 e. The molecule has 1 aliphatic rings. The van der Waals surface area contributed by atoms with Gasteiger partial charge in [0.1, 0.15) is 24.3 Å². The summed E-state index contributed by atoms with van der Waals surface area (Å²) in [6.45, 7) is 4.47. The Morgan fingerprint density at radius 1 is 1.35 bits per heavy atom. The number of halogens is 1. The van der Waals surface area contributed by atoms with Crippen LogP contribution < -0.4 is 10.1 Å². The number of aliphatic hydroxyl groups excluding tert-OH is 1. The number of amides is 1. The molecule has 0 bridgehead atoms. The molecule has 0 saturated heterocycles. The van der Waals surface area contributed by atoms with Crippen LogP contribution in [0.25, 0.3) is 0 Å². The molecule has 5 heteroatoms. The Labute approximate surface area is 137 Å². The average molecular weight is 323 g/mol. The highest BCUT2D eigenvalue weighted by Gasteiger charge is 2.44. The number of carbonyl (C=O) groups excluding carboxylic acids is 1. The van der Waals surface area contributed by atoms with Crippen molar-refractivity contribution >= 4 is 5.91 Å². The van der Waals surface area contributed by atoms with E-state index in [1.165, 1.54) is 24.3 Å². The smallest absolute Gasteiger partial charge is 0.226 e. The normalized spacial score (nSPS) is 17.4. The molecule has 2 N–H and O–H groups in total. The van der Waals surface area contributed by atoms with E-state index < -0.39 is 6.10 Å². The molecule has 1 unspecified atom stereocenters. The monoisotopic (exact) mass is 323 g/mol. The van der Waals surface area contributed by atoms with Gasteiger partial charge in [0.05, 0.1) is 0 Å². The molecule has 1 amide bonds. The zero-order chi connectivity index (χ0) is 16.9. The Kier molecular flexibility index (Phi) is 5.99. The lowest BCUT2D eigenvalue weighted by Crippen LogP contribution is -2.48. The predicted octanol–water partition coefficient (Wildman–Crippen LogP) is 2.90. The van der Waals surface area contributed by atoms with E-state index in [-0.39, 0.29) is 30.3 Å². The van der Waals surface area contributed by atoms with Crippen molar-refractivity contribution in [2.24, 2.45) is 11.3 Å². The quantitative estimate of drug-likeness (QED) is 0.773. The maximum atomic E-state index is 12.8. The minimum atomic E-state index is -0.792. The summed E-state index contributed by atoms with van der Waals surface area (Å²) < 4.78 is 18.2. The molecule has 0 radical (unpaired) electrons. The van der Waals surface area contributed by atoms with Gasteiger partial charge in [-0.05, 0) is 49.4 Å². The third-order valence-corrected chi connectivity index (χ3v) is 4.35. The van der Waals surface area contributed by atoms with E-state index in [1.807, 2.05) is 0 Å². The van der Waals surface area contributed by atoms with Crippen LogP contribution in [0.1, 0.15) is 39.5 Å². The topological polar surface area (TPSA) is 58.6 Å². The van der Waals surface area contributed by atoms with Gasteiger partial charge in [-0.1, -0.05) is 20.3 Å². The molecule has 0 aliphatic heterocycles. The Bertz CT molecular complexity index is 512. The molecule has 0 aromatic heterocycles. The Hall–Kier alpha value is -1.62. The van der Waals surface area contributed by atoms with Gasteiger partial charge in [0.2, 0.25) is 5.91 Å². The van der Waals surface area contributed by atoms with Gasteiger partial charge in [0.15, 0.2) is 0 Å². The zero-order valence-electron chi connectivity index (χ0n) is 13.8. The number of benzene rings is 1. The lowest BCUT2D eigenvalue weighted by Gasteiger charge is -2.41. The molecule has 2 rings (SSSR count). The van der Waals surface area contributed by atoms with Gasteiger partial charge in [-0.3, -0.25) is 4.79 Å². The van der Waals surface area contributed by atoms with E-state index in [0.717, 1.165) is 25.7 Å². The number of carbonyl (C=O) groups is 1. The minimum Gasteiger partial charge on any atom is -0.491 e. The summed E-state index contributed by atoms with van der Waals surface area (Å²) in [7, 11) is 0. The molecule has 1 fully saturated rings. The Morgan fingerprint density at radius 3 is 2.52 bits per heavy atom. The van der Waals surface area contributed by atoms with Crippen LogP contribution in [0.2, 0.25) is 0 Å². The van der Waals surface area contributed by atoms with Crippen LogP contribution in [0.4, 0.5) is 4.39 Å². The maximum absolute atomic E-state index is 12.8. The third-order valence-electron chi connectivity index (χ3n) is 4.35. The van der Waals surface area contributed by atoms with E-state index in [2.05, 4.69) is 19.2 Å². The lowest BCUT2D eigenvalue weighted by atomic mass is 9.64. The molecule has 1 atom stereocenters. The highest BCUT2D eigenvalue weighted by Crippen LogP contribution is 2.46. The summed E-state index contributed by atoms with van der Waals surface area (Å²) >= 11 is 0. The second-order valence-corrected chi connectivity index (χ2v) is 6.86. The van der Waals surface area contributed by atoms with E-state index >= 15 is 0 Å². The molecule has 0 heterocycles. The van der Waals surface area contributed by atoms with Gasteiger partial charge >= 0.3 is 0 Å². The molecule has 4 nitrogen and oxygen atoms in total. The molecule has 1 aromatic rings. The molecule has 0 spiro atoms. The first-order valence-corrected chi connectivity index (χ1v) is 8.26. The van der Waals surface area contributed by atoms with Crippen LogP contribution in [0.15, 0.2) is 24.3 Å². The molecule has 1 aromatic carbocycles. The van der Waals surface area contributed by atoms with Crippen molar-refractivity contribution < 1.29 is 19.0 Å². The number of aliphatic hydroxyl groups is 1. The third kappa shape index (κ3) is 4.93. The van der Waals surface area contributed by atoms with Crippen molar-refractivity contribution in [3.05, 3.63) is 30.1 Å². The number of ether oxygens (including phenoxy) is 1. The molecule has 23 heavy (non-hydrogen) atoms. The zero-order valence-corrected chi connectivity index (χ0v) is 13.8. The van der Waals surface area contributed by atoms with Gasteiger partial charge in [-0.2, -0.15) is 0 Å². The number of nitrogens with one attached hydrogen (secondary N) is 1. The fraction of sp³-hybridized carbons (Fsp3) is 0.611. The van der Waals surface area contributed by atoms with Gasteiger partial charge in [0.25, 0.3) is 0 Å². The standard InChI is InChI=1S/C18H26FNO3/c1-13(2)10-18(8-3-9-18)17(22)20-11-15(21)12-23-16-6-4-14(19)5-7-16/h4-7,13,15,21H,3,8-12H2,1-2H3,(H,20,22). The Morgan fingerprint density at radius 2 is 2.00 bits per heavy atom. The first-order chi connectivity index (χ1) is 10.9. The molecular formula is C18H26FNO3. The minimum absolute atomic E-state index is 0.0401. The Balaban J connectivity index is 1.74. The van der Waals surface area contributed by atoms with E-state index in [1.54, 1.807) is 0 Å².